The molecule has 6 nitrogen and oxygen atoms in total. The molecule has 56 heavy (non-hydrogen) atoms. The largest absolute Gasteiger partial charge is 0.507 e. The monoisotopic (exact) mass is 733 g/mol. The Morgan fingerprint density at radius 2 is 1.29 bits per heavy atom. The highest BCUT2D eigenvalue weighted by Gasteiger charge is 2.43. The Balaban J connectivity index is 1.00. The molecule has 0 unspecified atom stereocenters. The van der Waals surface area contributed by atoms with Crippen molar-refractivity contribution in [1.82, 2.24) is 15.0 Å². The first kappa shape index (κ1) is 34.2. The maximum absolute atomic E-state index is 10.9. The topological polar surface area (TPSA) is 81.3 Å². The molecule has 4 heterocycles. The Morgan fingerprint density at radius 1 is 0.589 bits per heavy atom. The molecule has 10 rings (SSSR count). The zero-order chi connectivity index (χ0) is 38.1. The Morgan fingerprint density at radius 3 is 2.04 bits per heavy atom. The van der Waals surface area contributed by atoms with E-state index in [0.29, 0.717) is 40.6 Å². The summed E-state index contributed by atoms with van der Waals surface area (Å²) in [6.07, 6.45) is 4.24. The van der Waals surface area contributed by atoms with Gasteiger partial charge in [0, 0.05) is 39.7 Å². The Bertz CT molecular complexity index is 2780. The lowest BCUT2D eigenvalue weighted by Crippen LogP contribution is -2.21. The van der Waals surface area contributed by atoms with Crippen LogP contribution in [0.15, 0.2) is 126 Å². The molecule has 8 aromatic rings. The van der Waals surface area contributed by atoms with Gasteiger partial charge in [0.2, 0.25) is 17.5 Å². The summed E-state index contributed by atoms with van der Waals surface area (Å²) in [5, 5.41) is 13.0. The molecule has 0 saturated carbocycles. The summed E-state index contributed by atoms with van der Waals surface area (Å²) in [6, 6.07) is 41.1. The van der Waals surface area contributed by atoms with Gasteiger partial charge < -0.3 is 14.3 Å². The summed E-state index contributed by atoms with van der Waals surface area (Å²) >= 11 is 0. The van der Waals surface area contributed by atoms with Crippen molar-refractivity contribution < 1.29 is 14.3 Å². The number of hydrogen-bond acceptors (Lipinski definition) is 6. The normalized spacial score (nSPS) is 14.3. The number of rotatable bonds is 7. The van der Waals surface area contributed by atoms with Gasteiger partial charge in [0.1, 0.15) is 11.3 Å². The van der Waals surface area contributed by atoms with Gasteiger partial charge >= 0.3 is 0 Å². The van der Waals surface area contributed by atoms with Crippen molar-refractivity contribution in [3.8, 4) is 51.2 Å². The third-order valence-electron chi connectivity index (χ3n) is 11.9. The average Bonchev–Trinajstić information content (AvgIpc) is 3.86. The number of aromatic hydroxyl groups is 1. The van der Waals surface area contributed by atoms with Crippen LogP contribution in [0.2, 0.25) is 0 Å². The number of ether oxygens (including phenoxy) is 1. The molecule has 2 aliphatic carbocycles. The number of hydrogen-bond donors (Lipinski definition) is 1. The van der Waals surface area contributed by atoms with Gasteiger partial charge in [-0.1, -0.05) is 88.4 Å². The van der Waals surface area contributed by atoms with Crippen LogP contribution in [0.1, 0.15) is 73.0 Å². The van der Waals surface area contributed by atoms with Gasteiger partial charge in [-0.15, -0.1) is 0 Å². The van der Waals surface area contributed by atoms with Crippen LogP contribution in [0.4, 0.5) is 0 Å². The maximum atomic E-state index is 10.9. The van der Waals surface area contributed by atoms with Gasteiger partial charge in [0.25, 0.3) is 0 Å². The molecule has 0 fully saturated rings. The van der Waals surface area contributed by atoms with E-state index in [1.165, 1.54) is 39.1 Å². The fourth-order valence-electron chi connectivity index (χ4n) is 9.24. The number of para-hydroxylation sites is 1. The maximum Gasteiger partial charge on any atom is 0.227 e. The summed E-state index contributed by atoms with van der Waals surface area (Å²) in [4.78, 5) is 15.0. The minimum Gasteiger partial charge on any atom is -0.507 e. The van der Waals surface area contributed by atoms with Crippen LogP contribution in [0, 0.1) is 5.41 Å². The summed E-state index contributed by atoms with van der Waals surface area (Å²) in [5.41, 5.74) is 14.9. The lowest BCUT2D eigenvalue weighted by molar-refractivity contribution is 0.325. The zero-order valence-corrected chi connectivity index (χ0v) is 32.1. The number of fused-ring (bicyclic) bond motifs is 5. The van der Waals surface area contributed by atoms with Gasteiger partial charge in [-0.05, 0) is 130 Å². The predicted octanol–water partition coefficient (Wildman–Crippen LogP) is 12.4. The molecule has 0 amide bonds. The summed E-state index contributed by atoms with van der Waals surface area (Å²) in [6.45, 7) is 8.88. The molecular weight excluding hydrogens is 691 g/mol. The van der Waals surface area contributed by atoms with Crippen LogP contribution in [0.25, 0.3) is 55.7 Å². The number of phenolic OH excluding ortho intramolecular Hbond substituents is 1. The van der Waals surface area contributed by atoms with Crippen molar-refractivity contribution >= 4 is 22.1 Å². The van der Waals surface area contributed by atoms with Crippen molar-refractivity contribution in [2.45, 2.75) is 65.2 Å². The number of phenols is 1. The van der Waals surface area contributed by atoms with Crippen LogP contribution in [0.3, 0.4) is 0 Å². The third kappa shape index (κ3) is 5.92. The molecule has 1 N–H and O–H groups in total. The van der Waals surface area contributed by atoms with E-state index in [9.17, 15) is 5.11 Å². The first-order chi connectivity index (χ1) is 27.2. The zero-order valence-electron chi connectivity index (χ0n) is 32.1. The summed E-state index contributed by atoms with van der Waals surface area (Å²) < 4.78 is 12.9. The van der Waals surface area contributed by atoms with Crippen molar-refractivity contribution in [3.05, 3.63) is 155 Å². The smallest absolute Gasteiger partial charge is 0.227 e. The van der Waals surface area contributed by atoms with Gasteiger partial charge in [0.15, 0.2) is 0 Å². The molecule has 276 valence electrons. The molecule has 0 radical (unpaired) electrons. The van der Waals surface area contributed by atoms with E-state index in [0.717, 1.165) is 58.9 Å². The second-order valence-electron chi connectivity index (χ2n) is 16.4. The molecule has 6 heteroatoms. The fourth-order valence-corrected chi connectivity index (χ4v) is 9.24. The van der Waals surface area contributed by atoms with E-state index >= 15 is 0 Å². The number of nitrogens with zero attached hydrogens (tertiary/aromatic N) is 3. The molecule has 1 spiro atoms. The number of pyridine rings is 3. The highest BCUT2D eigenvalue weighted by Crippen LogP contribution is 2.48. The van der Waals surface area contributed by atoms with Crippen molar-refractivity contribution in [1.29, 1.82) is 0 Å². The van der Waals surface area contributed by atoms with Gasteiger partial charge in [-0.25, -0.2) is 15.0 Å². The minimum atomic E-state index is 0.162. The predicted molar refractivity (Wildman–Crippen MR) is 223 cm³/mol. The first-order valence-corrected chi connectivity index (χ1v) is 19.7. The molecule has 4 aromatic carbocycles. The van der Waals surface area contributed by atoms with Gasteiger partial charge in [-0.2, -0.15) is 0 Å². The van der Waals surface area contributed by atoms with E-state index in [2.05, 4.69) is 88.4 Å². The lowest BCUT2D eigenvalue weighted by atomic mass is 9.82. The second kappa shape index (κ2) is 13.2. The Hall–Kier alpha value is -6.27. The van der Waals surface area contributed by atoms with Crippen LogP contribution < -0.4 is 4.74 Å². The first-order valence-electron chi connectivity index (χ1n) is 19.7. The molecule has 0 saturated heterocycles. The molecule has 4 aromatic heterocycles. The molecule has 0 atom stereocenters. The second-order valence-corrected chi connectivity index (χ2v) is 16.4. The van der Waals surface area contributed by atoms with E-state index in [1.54, 1.807) is 6.07 Å². The Labute approximate surface area is 326 Å². The van der Waals surface area contributed by atoms with E-state index < -0.39 is 0 Å². The van der Waals surface area contributed by atoms with Crippen LogP contribution >= 0.6 is 0 Å². The van der Waals surface area contributed by atoms with Crippen molar-refractivity contribution in [2.24, 2.45) is 5.41 Å². The van der Waals surface area contributed by atoms with E-state index in [1.807, 2.05) is 54.6 Å². The van der Waals surface area contributed by atoms with Crippen LogP contribution in [-0.2, 0) is 25.7 Å². The lowest BCUT2D eigenvalue weighted by Gasteiger charge is -2.21. The molecular formula is C50H43N3O3. The standard InChI is InChI=1S/C50H43N3O3/c1-29(2)36-14-9-15-37(30(3)4)48(36)34-23-42(38-13-7-8-17-44(38)54)52-47(24-34)56-46-18-10-16-41(51-46)31-19-20-45-39(21-31)40-22-35-27-50(28-43(35)53-49(40)55-45)25-32-11-5-6-12-33(32)26-50/h5-24,29-30,54H,25-28H2,1-4H3. The van der Waals surface area contributed by atoms with Gasteiger partial charge in [-0.3, -0.25) is 0 Å². The Kier molecular flexibility index (Phi) is 8.07. The highest BCUT2D eigenvalue weighted by molar-refractivity contribution is 6.05. The van der Waals surface area contributed by atoms with Crippen molar-refractivity contribution in [2.75, 3.05) is 0 Å². The van der Waals surface area contributed by atoms with E-state index in [4.69, 9.17) is 24.1 Å². The fraction of sp³-hybridized carbons (Fsp3) is 0.220. The highest BCUT2D eigenvalue weighted by atomic mass is 16.5. The number of furan rings is 1. The molecule has 2 aliphatic rings. The summed E-state index contributed by atoms with van der Waals surface area (Å²) in [7, 11) is 0. The van der Waals surface area contributed by atoms with Crippen LogP contribution in [-0.4, -0.2) is 20.1 Å². The third-order valence-corrected chi connectivity index (χ3v) is 11.9. The summed E-state index contributed by atoms with van der Waals surface area (Å²) in [5.74, 6) is 1.59. The SMILES string of the molecule is CC(C)c1cccc(C(C)C)c1-c1cc(Oc2cccc(-c3ccc4oc5nc6c(cc5c4c3)CC3(Cc4ccccc4C3)C6)n2)nc(-c2ccccc2O)c1. The molecule has 0 aliphatic heterocycles. The van der Waals surface area contributed by atoms with Gasteiger partial charge in [0.05, 0.1) is 11.4 Å². The number of aromatic nitrogens is 3. The van der Waals surface area contributed by atoms with Crippen LogP contribution in [0.5, 0.6) is 17.5 Å². The average molecular weight is 734 g/mol. The number of benzene rings is 4. The van der Waals surface area contributed by atoms with E-state index in [-0.39, 0.29) is 11.2 Å². The quantitative estimate of drug-likeness (QED) is 0.176. The minimum absolute atomic E-state index is 0.162. The molecule has 0 bridgehead atoms. The van der Waals surface area contributed by atoms with Crippen molar-refractivity contribution in [3.63, 3.8) is 0 Å².